The minimum Gasteiger partial charge on any atom is -0.351 e. The molecule has 1 aliphatic carbocycles. The van der Waals surface area contributed by atoms with Gasteiger partial charge in [0.1, 0.15) is 0 Å². The van der Waals surface area contributed by atoms with E-state index in [-0.39, 0.29) is 5.79 Å². The summed E-state index contributed by atoms with van der Waals surface area (Å²) in [6, 6.07) is 0.661. The fraction of sp³-hybridized carbons (Fsp3) is 1.00. The number of hydrogen-bond donors (Lipinski definition) is 1. The Morgan fingerprint density at radius 2 is 1.93 bits per heavy atom. The summed E-state index contributed by atoms with van der Waals surface area (Å²) < 4.78 is 10.8. The second kappa shape index (κ2) is 4.37. The van der Waals surface area contributed by atoms with Crippen molar-refractivity contribution in [1.29, 1.82) is 0 Å². The lowest BCUT2D eigenvalue weighted by Crippen LogP contribution is -2.67. The molecule has 2 N–H and O–H groups in total. The Kier molecular flexibility index (Phi) is 3.30. The molecule has 88 valence electrons. The molecule has 4 nitrogen and oxygen atoms in total. The van der Waals surface area contributed by atoms with Crippen LogP contribution in [0.15, 0.2) is 0 Å². The van der Waals surface area contributed by atoms with Crippen molar-refractivity contribution >= 4 is 0 Å². The first-order valence-electron chi connectivity index (χ1n) is 5.79. The number of likely N-dealkylation sites (tertiary alicyclic amines) is 1. The van der Waals surface area contributed by atoms with E-state index in [9.17, 15) is 0 Å². The van der Waals surface area contributed by atoms with Crippen LogP contribution in [0.4, 0.5) is 0 Å². The fourth-order valence-electron chi connectivity index (χ4n) is 2.92. The first-order valence-corrected chi connectivity index (χ1v) is 5.79. The molecule has 0 amide bonds. The van der Waals surface area contributed by atoms with Crippen molar-refractivity contribution < 1.29 is 9.47 Å². The molecule has 0 aromatic carbocycles. The molecule has 0 aromatic heterocycles. The fourth-order valence-corrected chi connectivity index (χ4v) is 2.92. The van der Waals surface area contributed by atoms with Crippen molar-refractivity contribution in [1.82, 2.24) is 4.90 Å². The van der Waals surface area contributed by atoms with Gasteiger partial charge in [0.15, 0.2) is 5.79 Å². The third-order valence-corrected chi connectivity index (χ3v) is 4.02. The maximum absolute atomic E-state index is 5.78. The average Bonchev–Trinajstić information content (AvgIpc) is 2.66. The highest BCUT2D eigenvalue weighted by molar-refractivity contribution is 4.97. The molecule has 0 spiro atoms. The normalized spacial score (nSPS) is 35.4. The van der Waals surface area contributed by atoms with E-state index in [1.54, 1.807) is 14.2 Å². The lowest BCUT2D eigenvalue weighted by molar-refractivity contribution is -0.283. The molecule has 1 heterocycles. The summed E-state index contributed by atoms with van der Waals surface area (Å²) in [6.07, 6.45) is 3.88. The van der Waals surface area contributed by atoms with Crippen LogP contribution in [0.3, 0.4) is 0 Å². The highest BCUT2D eigenvalue weighted by atomic mass is 16.7. The molecule has 0 aromatic rings. The molecular formula is C11H22N2O2. The van der Waals surface area contributed by atoms with Gasteiger partial charge in [0, 0.05) is 20.3 Å². The highest BCUT2D eigenvalue weighted by Gasteiger charge is 2.48. The van der Waals surface area contributed by atoms with Crippen LogP contribution in [0.2, 0.25) is 0 Å². The summed E-state index contributed by atoms with van der Waals surface area (Å²) in [5.74, 6) is 0.332. The van der Waals surface area contributed by atoms with E-state index in [4.69, 9.17) is 15.2 Å². The Labute approximate surface area is 91.7 Å². The van der Waals surface area contributed by atoms with Gasteiger partial charge < -0.3 is 15.2 Å². The van der Waals surface area contributed by atoms with Gasteiger partial charge in [0.25, 0.3) is 0 Å². The van der Waals surface area contributed by atoms with Crippen LogP contribution < -0.4 is 5.73 Å². The summed E-state index contributed by atoms with van der Waals surface area (Å²) in [5.41, 5.74) is 5.78. The molecule has 2 fully saturated rings. The van der Waals surface area contributed by atoms with E-state index in [1.165, 1.54) is 19.3 Å². The third-order valence-electron chi connectivity index (χ3n) is 4.02. The molecule has 1 saturated carbocycles. The van der Waals surface area contributed by atoms with Crippen molar-refractivity contribution in [3.63, 3.8) is 0 Å². The molecule has 2 atom stereocenters. The third kappa shape index (κ3) is 1.91. The van der Waals surface area contributed by atoms with Gasteiger partial charge in [-0.05, 0) is 25.3 Å². The summed E-state index contributed by atoms with van der Waals surface area (Å²) in [4.78, 5) is 2.46. The largest absolute Gasteiger partial charge is 0.351 e. The molecule has 15 heavy (non-hydrogen) atoms. The molecule has 2 aliphatic rings. The highest BCUT2D eigenvalue weighted by Crippen LogP contribution is 2.36. The summed E-state index contributed by atoms with van der Waals surface area (Å²) in [7, 11) is 3.44. The summed E-state index contributed by atoms with van der Waals surface area (Å²) >= 11 is 0. The van der Waals surface area contributed by atoms with E-state index in [2.05, 4.69) is 4.90 Å². The van der Waals surface area contributed by atoms with E-state index in [1.807, 2.05) is 0 Å². The summed E-state index contributed by atoms with van der Waals surface area (Å²) in [6.45, 7) is 2.59. The first-order chi connectivity index (χ1) is 7.24. The Hall–Kier alpha value is -0.160. The van der Waals surface area contributed by atoms with Gasteiger partial charge >= 0.3 is 0 Å². The molecule has 1 saturated heterocycles. The van der Waals surface area contributed by atoms with E-state index < -0.39 is 0 Å². The first kappa shape index (κ1) is 11.3. The molecule has 0 bridgehead atoms. The molecule has 1 aliphatic heterocycles. The standard InChI is InChI=1S/C11H22N2O2/c1-14-11(15-2)7-13(8-11)10-5-3-4-9(10)6-12/h9-10H,3-8,12H2,1-2H3. The van der Waals surface area contributed by atoms with Crippen molar-refractivity contribution in [3.05, 3.63) is 0 Å². The van der Waals surface area contributed by atoms with Crippen molar-refractivity contribution in [3.8, 4) is 0 Å². The van der Waals surface area contributed by atoms with Crippen LogP contribution in [0.5, 0.6) is 0 Å². The van der Waals surface area contributed by atoms with E-state index >= 15 is 0 Å². The van der Waals surface area contributed by atoms with E-state index in [0.29, 0.717) is 12.0 Å². The smallest absolute Gasteiger partial charge is 0.193 e. The van der Waals surface area contributed by atoms with Crippen LogP contribution in [0.1, 0.15) is 19.3 Å². The Morgan fingerprint density at radius 3 is 2.47 bits per heavy atom. The predicted octanol–water partition coefficient (Wildman–Crippen LogP) is 0.419. The van der Waals surface area contributed by atoms with Gasteiger partial charge in [-0.3, -0.25) is 4.90 Å². The van der Waals surface area contributed by atoms with E-state index in [0.717, 1.165) is 19.6 Å². The lowest BCUT2D eigenvalue weighted by atomic mass is 9.96. The van der Waals surface area contributed by atoms with Gasteiger partial charge in [-0.15, -0.1) is 0 Å². The maximum atomic E-state index is 5.78. The van der Waals surface area contributed by atoms with Crippen LogP contribution in [0.25, 0.3) is 0 Å². The number of nitrogens with zero attached hydrogens (tertiary/aromatic N) is 1. The quantitative estimate of drug-likeness (QED) is 0.689. The van der Waals surface area contributed by atoms with Gasteiger partial charge in [-0.25, -0.2) is 0 Å². The Balaban J connectivity index is 1.88. The zero-order valence-electron chi connectivity index (χ0n) is 9.74. The SMILES string of the molecule is COC1(OC)CN(C2CCCC2CN)C1. The number of hydrogen-bond acceptors (Lipinski definition) is 4. The number of rotatable bonds is 4. The second-order valence-corrected chi connectivity index (χ2v) is 4.72. The average molecular weight is 214 g/mol. The molecule has 2 rings (SSSR count). The van der Waals surface area contributed by atoms with Gasteiger partial charge in [0.2, 0.25) is 0 Å². The molecule has 0 radical (unpaired) electrons. The minimum atomic E-state index is -0.345. The topological polar surface area (TPSA) is 47.7 Å². The van der Waals surface area contributed by atoms with Crippen LogP contribution >= 0.6 is 0 Å². The van der Waals surface area contributed by atoms with Crippen molar-refractivity contribution in [2.24, 2.45) is 11.7 Å². The Morgan fingerprint density at radius 1 is 1.27 bits per heavy atom. The maximum Gasteiger partial charge on any atom is 0.193 e. The van der Waals surface area contributed by atoms with Crippen LogP contribution in [-0.4, -0.2) is 50.6 Å². The van der Waals surface area contributed by atoms with Crippen molar-refractivity contribution in [2.45, 2.75) is 31.1 Å². The second-order valence-electron chi connectivity index (χ2n) is 4.72. The molecule has 2 unspecified atom stereocenters. The van der Waals surface area contributed by atoms with Crippen molar-refractivity contribution in [2.75, 3.05) is 33.9 Å². The zero-order chi connectivity index (χ0) is 10.9. The lowest BCUT2D eigenvalue weighted by Gasteiger charge is -2.51. The summed E-state index contributed by atoms with van der Waals surface area (Å²) in [5, 5.41) is 0. The monoisotopic (exact) mass is 214 g/mol. The molecular weight excluding hydrogens is 192 g/mol. The van der Waals surface area contributed by atoms with Gasteiger partial charge in [-0.2, -0.15) is 0 Å². The van der Waals surface area contributed by atoms with Gasteiger partial charge in [0.05, 0.1) is 13.1 Å². The number of methoxy groups -OCH3 is 2. The minimum absolute atomic E-state index is 0.345. The predicted molar refractivity (Wildman–Crippen MR) is 58.5 cm³/mol. The zero-order valence-corrected chi connectivity index (χ0v) is 9.74. The van der Waals surface area contributed by atoms with Crippen LogP contribution in [0, 0.1) is 5.92 Å². The number of ether oxygens (including phenoxy) is 2. The van der Waals surface area contributed by atoms with Crippen LogP contribution in [-0.2, 0) is 9.47 Å². The Bertz CT molecular complexity index is 211. The number of nitrogens with two attached hydrogens (primary N) is 1. The van der Waals surface area contributed by atoms with Gasteiger partial charge in [-0.1, -0.05) is 6.42 Å². The molecule has 4 heteroatoms.